The largest absolute Gasteiger partial charge is 0.261 e. The SMILES string of the molecule is Cc1cccc(S(=O)(=O)Cl)c1C.O=S(=O)(Cl)c1ccccc1. The van der Waals surface area contributed by atoms with Crippen molar-refractivity contribution in [2.24, 2.45) is 0 Å². The van der Waals surface area contributed by atoms with Gasteiger partial charge in [-0.15, -0.1) is 0 Å². The van der Waals surface area contributed by atoms with E-state index >= 15 is 0 Å². The van der Waals surface area contributed by atoms with Crippen molar-refractivity contribution in [1.29, 1.82) is 0 Å². The zero-order valence-electron chi connectivity index (χ0n) is 11.8. The van der Waals surface area contributed by atoms with Crippen LogP contribution in [0.1, 0.15) is 11.1 Å². The topological polar surface area (TPSA) is 68.3 Å². The number of halogens is 2. The third-order valence-corrected chi connectivity index (χ3v) is 5.68. The normalized spacial score (nSPS) is 11.5. The molecule has 0 aliphatic heterocycles. The van der Waals surface area contributed by atoms with Crippen LogP contribution >= 0.6 is 21.4 Å². The predicted molar refractivity (Wildman–Crippen MR) is 88.4 cm³/mol. The second kappa shape index (κ2) is 7.46. The lowest BCUT2D eigenvalue weighted by Crippen LogP contribution is -1.95. The molecule has 22 heavy (non-hydrogen) atoms. The van der Waals surface area contributed by atoms with E-state index in [9.17, 15) is 16.8 Å². The maximum atomic E-state index is 11.0. The molecule has 0 aliphatic carbocycles. The number of aryl methyl sites for hydroxylation is 1. The van der Waals surface area contributed by atoms with Crippen LogP contribution < -0.4 is 0 Å². The molecule has 0 heterocycles. The Morgan fingerprint density at radius 2 is 1.27 bits per heavy atom. The summed E-state index contributed by atoms with van der Waals surface area (Å²) >= 11 is 0. The van der Waals surface area contributed by atoms with E-state index in [1.807, 2.05) is 13.0 Å². The van der Waals surface area contributed by atoms with Gasteiger partial charge in [-0.3, -0.25) is 0 Å². The van der Waals surface area contributed by atoms with Crippen LogP contribution in [0.3, 0.4) is 0 Å². The lowest BCUT2D eigenvalue weighted by molar-refractivity contribution is 0.607. The predicted octanol–water partition coefficient (Wildman–Crippen LogP) is 3.85. The van der Waals surface area contributed by atoms with Crippen molar-refractivity contribution in [1.82, 2.24) is 0 Å². The molecule has 2 aromatic rings. The quantitative estimate of drug-likeness (QED) is 0.741. The van der Waals surface area contributed by atoms with Crippen molar-refractivity contribution in [3.05, 3.63) is 59.7 Å². The number of hydrogen-bond acceptors (Lipinski definition) is 4. The van der Waals surface area contributed by atoms with Gasteiger partial charge in [-0.25, -0.2) is 16.8 Å². The second-order valence-corrected chi connectivity index (χ2v) is 9.49. The Morgan fingerprint density at radius 1 is 0.727 bits per heavy atom. The monoisotopic (exact) mass is 380 g/mol. The first kappa shape index (κ1) is 19.0. The Balaban J connectivity index is 0.000000224. The molecule has 0 aliphatic rings. The van der Waals surface area contributed by atoms with E-state index in [4.69, 9.17) is 21.4 Å². The van der Waals surface area contributed by atoms with Crippen molar-refractivity contribution < 1.29 is 16.8 Å². The number of hydrogen-bond donors (Lipinski definition) is 0. The highest BCUT2D eigenvalue weighted by Gasteiger charge is 2.13. The molecule has 0 saturated carbocycles. The van der Waals surface area contributed by atoms with Crippen molar-refractivity contribution in [2.75, 3.05) is 0 Å². The molecule has 0 amide bonds. The molecule has 2 aromatic carbocycles. The molecule has 0 atom stereocenters. The van der Waals surface area contributed by atoms with Crippen LogP contribution in [-0.2, 0) is 18.1 Å². The first-order chi connectivity index (χ1) is 10.0. The summed E-state index contributed by atoms with van der Waals surface area (Å²) in [5.74, 6) is 0. The van der Waals surface area contributed by atoms with Gasteiger partial charge in [0.15, 0.2) is 0 Å². The third kappa shape index (κ3) is 5.61. The maximum absolute atomic E-state index is 11.0. The molecule has 8 heteroatoms. The van der Waals surface area contributed by atoms with E-state index in [-0.39, 0.29) is 9.79 Å². The Labute approximate surface area is 139 Å². The van der Waals surface area contributed by atoms with Gasteiger partial charge in [0.2, 0.25) is 0 Å². The first-order valence-electron chi connectivity index (χ1n) is 6.04. The van der Waals surface area contributed by atoms with Crippen molar-refractivity contribution in [3.63, 3.8) is 0 Å². The Hall–Kier alpha value is -1.08. The maximum Gasteiger partial charge on any atom is 0.261 e. The van der Waals surface area contributed by atoms with Crippen LogP contribution in [0.2, 0.25) is 0 Å². The average molecular weight is 381 g/mol. The average Bonchev–Trinajstić information content (AvgIpc) is 2.41. The molecule has 0 aromatic heterocycles. The highest BCUT2D eigenvalue weighted by atomic mass is 35.7. The summed E-state index contributed by atoms with van der Waals surface area (Å²) in [6, 6.07) is 12.9. The fourth-order valence-corrected chi connectivity index (χ4v) is 3.63. The standard InChI is InChI=1S/C8H9ClO2S.C6H5ClO2S/c1-6-4-3-5-8(7(6)2)12(9,10)11;7-10(8,9)6-4-2-1-3-5-6/h3-5H,1-2H3;1-5H. The zero-order chi connectivity index (χ0) is 17.0. The van der Waals surface area contributed by atoms with Gasteiger partial charge in [0.05, 0.1) is 9.79 Å². The number of rotatable bonds is 2. The fraction of sp³-hybridized carbons (Fsp3) is 0.143. The van der Waals surface area contributed by atoms with Gasteiger partial charge >= 0.3 is 0 Å². The molecule has 2 rings (SSSR count). The molecule has 0 saturated heterocycles. The van der Waals surface area contributed by atoms with E-state index in [0.29, 0.717) is 5.56 Å². The van der Waals surface area contributed by atoms with E-state index in [1.165, 1.54) is 18.2 Å². The lowest BCUT2D eigenvalue weighted by atomic mass is 10.1. The van der Waals surface area contributed by atoms with Gasteiger partial charge in [0.1, 0.15) is 0 Å². The molecule has 0 spiro atoms. The summed E-state index contributed by atoms with van der Waals surface area (Å²) in [5.41, 5.74) is 1.64. The minimum atomic E-state index is -3.58. The molecule has 0 radical (unpaired) electrons. The van der Waals surface area contributed by atoms with E-state index in [0.717, 1.165) is 5.56 Å². The summed E-state index contributed by atoms with van der Waals surface area (Å²) in [7, 11) is 3.12. The summed E-state index contributed by atoms with van der Waals surface area (Å²) in [4.78, 5) is 0.334. The molecule has 120 valence electrons. The Morgan fingerprint density at radius 3 is 1.64 bits per heavy atom. The van der Waals surface area contributed by atoms with Crippen molar-refractivity contribution in [3.8, 4) is 0 Å². The Bertz CT molecular complexity index is 846. The van der Waals surface area contributed by atoms with Crippen LogP contribution in [0.15, 0.2) is 58.3 Å². The van der Waals surface area contributed by atoms with E-state index < -0.39 is 18.1 Å². The van der Waals surface area contributed by atoms with Crippen LogP contribution in [0, 0.1) is 13.8 Å². The minimum absolute atomic E-state index is 0.136. The van der Waals surface area contributed by atoms with Crippen LogP contribution in [-0.4, -0.2) is 16.8 Å². The molecular weight excluding hydrogens is 367 g/mol. The molecule has 0 unspecified atom stereocenters. The van der Waals surface area contributed by atoms with Crippen molar-refractivity contribution >= 4 is 39.5 Å². The van der Waals surface area contributed by atoms with Gasteiger partial charge in [0.25, 0.3) is 18.1 Å². The summed E-state index contributed by atoms with van der Waals surface area (Å²) in [6.45, 7) is 3.59. The van der Waals surface area contributed by atoms with Crippen LogP contribution in [0.5, 0.6) is 0 Å². The second-order valence-electron chi connectivity index (χ2n) is 4.39. The van der Waals surface area contributed by atoms with E-state index in [1.54, 1.807) is 31.2 Å². The first-order valence-corrected chi connectivity index (χ1v) is 10.7. The van der Waals surface area contributed by atoms with Crippen molar-refractivity contribution in [2.45, 2.75) is 23.6 Å². The highest BCUT2D eigenvalue weighted by molar-refractivity contribution is 8.14. The van der Waals surface area contributed by atoms with E-state index in [2.05, 4.69) is 0 Å². The van der Waals surface area contributed by atoms with Gasteiger partial charge in [0, 0.05) is 21.4 Å². The summed E-state index contributed by atoms with van der Waals surface area (Å²) in [6.07, 6.45) is 0. The highest BCUT2D eigenvalue weighted by Crippen LogP contribution is 2.21. The Kier molecular flexibility index (Phi) is 6.43. The lowest BCUT2D eigenvalue weighted by Gasteiger charge is -2.03. The molecule has 0 fully saturated rings. The molecule has 0 bridgehead atoms. The van der Waals surface area contributed by atoms with Gasteiger partial charge in [-0.2, -0.15) is 0 Å². The van der Waals surface area contributed by atoms with Crippen LogP contribution in [0.25, 0.3) is 0 Å². The minimum Gasteiger partial charge on any atom is -0.207 e. The smallest absolute Gasteiger partial charge is 0.207 e. The van der Waals surface area contributed by atoms with Gasteiger partial charge in [-0.1, -0.05) is 30.3 Å². The summed E-state index contributed by atoms with van der Waals surface area (Å²) < 4.78 is 43.1. The third-order valence-electron chi connectivity index (χ3n) is 2.84. The zero-order valence-corrected chi connectivity index (χ0v) is 15.0. The number of benzene rings is 2. The fourth-order valence-electron chi connectivity index (χ4n) is 1.57. The molecular formula is C14H14Cl2O4S2. The van der Waals surface area contributed by atoms with Gasteiger partial charge < -0.3 is 0 Å². The molecule has 0 N–H and O–H groups in total. The van der Waals surface area contributed by atoms with Crippen LogP contribution in [0.4, 0.5) is 0 Å². The molecule has 4 nitrogen and oxygen atoms in total. The summed E-state index contributed by atoms with van der Waals surface area (Å²) in [5, 5.41) is 0. The van der Waals surface area contributed by atoms with Gasteiger partial charge in [-0.05, 0) is 43.2 Å².